The molecule has 1 aromatic carbocycles. The zero-order chi connectivity index (χ0) is 18.1. The zero-order valence-corrected chi connectivity index (χ0v) is 16.3. The van der Waals surface area contributed by atoms with Crippen molar-refractivity contribution in [3.05, 3.63) is 29.3 Å². The van der Waals surface area contributed by atoms with Gasteiger partial charge in [0.1, 0.15) is 12.4 Å². The predicted molar refractivity (Wildman–Crippen MR) is 104 cm³/mol. The first-order valence-electron chi connectivity index (χ1n) is 8.96. The minimum Gasteiger partial charge on any atom is -0.492 e. The van der Waals surface area contributed by atoms with E-state index in [2.05, 4.69) is 15.2 Å². The lowest BCUT2D eigenvalue weighted by Gasteiger charge is -2.24. The van der Waals surface area contributed by atoms with Crippen LogP contribution in [0.1, 0.15) is 26.2 Å². The Morgan fingerprint density at radius 1 is 1.36 bits per heavy atom. The second-order valence-electron chi connectivity index (χ2n) is 6.58. The van der Waals surface area contributed by atoms with Crippen molar-refractivity contribution in [2.75, 3.05) is 47.0 Å². The van der Waals surface area contributed by atoms with E-state index in [1.54, 1.807) is 0 Å². The highest BCUT2D eigenvalue weighted by Gasteiger charge is 2.42. The van der Waals surface area contributed by atoms with Crippen LogP contribution in [0.25, 0.3) is 0 Å². The molecule has 0 saturated heterocycles. The van der Waals surface area contributed by atoms with Crippen LogP contribution in [-0.4, -0.2) is 57.9 Å². The Morgan fingerprint density at radius 3 is 2.80 bits per heavy atom. The molecule has 0 radical (unpaired) electrons. The molecule has 1 aliphatic carbocycles. The minimum absolute atomic E-state index is 0.392. The highest BCUT2D eigenvalue weighted by Crippen LogP contribution is 2.48. The number of halogens is 1. The van der Waals surface area contributed by atoms with Gasteiger partial charge < -0.3 is 19.7 Å². The number of nitrogens with one attached hydrogen (secondary N) is 1. The van der Waals surface area contributed by atoms with E-state index in [-0.39, 0.29) is 0 Å². The molecule has 1 fully saturated rings. The van der Waals surface area contributed by atoms with Gasteiger partial charge in [-0.05, 0) is 49.8 Å². The molecule has 0 aromatic heterocycles. The van der Waals surface area contributed by atoms with Crippen molar-refractivity contribution >= 4 is 17.6 Å². The number of guanidine groups is 1. The summed E-state index contributed by atoms with van der Waals surface area (Å²) in [5, 5.41) is 4.19. The Kier molecular flexibility index (Phi) is 7.85. The van der Waals surface area contributed by atoms with E-state index >= 15 is 0 Å². The predicted octanol–water partition coefficient (Wildman–Crippen LogP) is 3.43. The Balaban J connectivity index is 1.71. The van der Waals surface area contributed by atoms with E-state index in [0.29, 0.717) is 17.0 Å². The van der Waals surface area contributed by atoms with Crippen LogP contribution in [0.4, 0.5) is 0 Å². The molecule has 0 amide bonds. The molecule has 1 aliphatic rings. The molecule has 0 spiro atoms. The van der Waals surface area contributed by atoms with Gasteiger partial charge in [0.25, 0.3) is 0 Å². The topological polar surface area (TPSA) is 46.1 Å². The second-order valence-corrected chi connectivity index (χ2v) is 7.01. The summed E-state index contributed by atoms with van der Waals surface area (Å²) < 4.78 is 11.2. The van der Waals surface area contributed by atoms with Crippen LogP contribution in [0.15, 0.2) is 29.3 Å². The van der Waals surface area contributed by atoms with E-state index in [9.17, 15) is 0 Å². The number of aliphatic imine (C=N–C) groups is 1. The van der Waals surface area contributed by atoms with Crippen LogP contribution < -0.4 is 10.1 Å². The van der Waals surface area contributed by atoms with Gasteiger partial charge in [-0.2, -0.15) is 0 Å². The van der Waals surface area contributed by atoms with Crippen molar-refractivity contribution in [1.82, 2.24) is 10.2 Å². The van der Waals surface area contributed by atoms with Gasteiger partial charge in [0.2, 0.25) is 0 Å². The monoisotopic (exact) mass is 367 g/mol. The number of benzene rings is 1. The van der Waals surface area contributed by atoms with Gasteiger partial charge in [-0.25, -0.2) is 0 Å². The Labute approximate surface area is 156 Å². The van der Waals surface area contributed by atoms with Crippen LogP contribution in [0.5, 0.6) is 5.75 Å². The summed E-state index contributed by atoms with van der Waals surface area (Å²) in [6, 6.07) is 7.46. The quantitative estimate of drug-likeness (QED) is 0.391. The normalized spacial score (nSPS) is 15.8. The van der Waals surface area contributed by atoms with Crippen LogP contribution in [0.2, 0.25) is 5.02 Å². The van der Waals surface area contributed by atoms with Crippen LogP contribution in [0.3, 0.4) is 0 Å². The van der Waals surface area contributed by atoms with Crippen molar-refractivity contribution in [1.29, 1.82) is 0 Å². The summed E-state index contributed by atoms with van der Waals surface area (Å²) in [7, 11) is 3.84. The second kappa shape index (κ2) is 9.88. The zero-order valence-electron chi connectivity index (χ0n) is 15.6. The van der Waals surface area contributed by atoms with Gasteiger partial charge in [-0.3, -0.25) is 4.99 Å². The van der Waals surface area contributed by atoms with E-state index < -0.39 is 0 Å². The third-order valence-corrected chi connectivity index (χ3v) is 4.86. The van der Waals surface area contributed by atoms with Crippen molar-refractivity contribution in [3.63, 3.8) is 0 Å². The van der Waals surface area contributed by atoms with Crippen molar-refractivity contribution in [2.45, 2.75) is 26.2 Å². The van der Waals surface area contributed by atoms with E-state index in [4.69, 9.17) is 21.1 Å². The maximum atomic E-state index is 5.97. The van der Waals surface area contributed by atoms with E-state index in [1.165, 1.54) is 12.8 Å². The summed E-state index contributed by atoms with van der Waals surface area (Å²) in [6.45, 7) is 5.96. The summed E-state index contributed by atoms with van der Waals surface area (Å²) in [4.78, 5) is 6.47. The summed E-state index contributed by atoms with van der Waals surface area (Å²) in [5.74, 6) is 1.69. The molecule has 140 valence electrons. The first kappa shape index (κ1) is 19.9. The standard InChI is InChI=1S/C19H30ClN3O2/c1-4-24-12-10-19(8-9-19)15-22-18(21-2)23(3)11-13-25-17-7-5-6-16(20)14-17/h5-7,14H,4,8-13,15H2,1-3H3,(H,21,22). The minimum atomic E-state index is 0.392. The average molecular weight is 368 g/mol. The first-order valence-corrected chi connectivity index (χ1v) is 9.34. The molecule has 0 atom stereocenters. The van der Waals surface area contributed by atoms with E-state index in [0.717, 1.165) is 44.4 Å². The lowest BCUT2D eigenvalue weighted by molar-refractivity contribution is 0.128. The summed E-state index contributed by atoms with van der Waals surface area (Å²) in [6.07, 6.45) is 3.66. The Hall–Kier alpha value is -1.46. The number of ether oxygens (including phenoxy) is 2. The highest BCUT2D eigenvalue weighted by atomic mass is 35.5. The number of likely N-dealkylation sites (N-methyl/N-ethyl adjacent to an activating group) is 1. The van der Waals surface area contributed by atoms with Crippen molar-refractivity contribution in [2.24, 2.45) is 10.4 Å². The van der Waals surface area contributed by atoms with Crippen LogP contribution >= 0.6 is 11.6 Å². The molecule has 25 heavy (non-hydrogen) atoms. The van der Waals surface area contributed by atoms with Gasteiger partial charge in [0, 0.05) is 38.9 Å². The number of rotatable bonds is 10. The first-order chi connectivity index (χ1) is 12.1. The smallest absolute Gasteiger partial charge is 0.193 e. The third kappa shape index (κ3) is 6.75. The molecular formula is C19H30ClN3O2. The lowest BCUT2D eigenvalue weighted by Crippen LogP contribution is -2.43. The SMILES string of the molecule is CCOCCC1(CNC(=NC)N(C)CCOc2cccc(Cl)c2)CC1. The van der Waals surface area contributed by atoms with Crippen LogP contribution in [0, 0.1) is 5.41 Å². The summed E-state index contributed by atoms with van der Waals surface area (Å²) >= 11 is 5.97. The molecule has 1 N–H and O–H groups in total. The molecule has 5 nitrogen and oxygen atoms in total. The highest BCUT2D eigenvalue weighted by molar-refractivity contribution is 6.30. The van der Waals surface area contributed by atoms with E-state index in [1.807, 2.05) is 45.3 Å². The average Bonchev–Trinajstić information content (AvgIpc) is 3.36. The largest absolute Gasteiger partial charge is 0.492 e. The molecule has 0 unspecified atom stereocenters. The van der Waals surface area contributed by atoms with Gasteiger partial charge in [-0.15, -0.1) is 0 Å². The molecule has 0 heterocycles. The lowest BCUT2D eigenvalue weighted by atomic mass is 10.0. The molecule has 0 aliphatic heterocycles. The fraction of sp³-hybridized carbons (Fsp3) is 0.632. The molecule has 0 bridgehead atoms. The van der Waals surface area contributed by atoms with Gasteiger partial charge in [0.15, 0.2) is 5.96 Å². The number of hydrogen-bond donors (Lipinski definition) is 1. The van der Waals surface area contributed by atoms with Gasteiger partial charge in [-0.1, -0.05) is 17.7 Å². The molecule has 1 saturated carbocycles. The maximum absolute atomic E-state index is 5.97. The summed E-state index contributed by atoms with van der Waals surface area (Å²) in [5.41, 5.74) is 0.392. The number of nitrogens with zero attached hydrogens (tertiary/aromatic N) is 2. The third-order valence-electron chi connectivity index (χ3n) is 4.62. The molecular weight excluding hydrogens is 338 g/mol. The Bertz CT molecular complexity index is 561. The van der Waals surface area contributed by atoms with Crippen molar-refractivity contribution < 1.29 is 9.47 Å². The van der Waals surface area contributed by atoms with Gasteiger partial charge in [0.05, 0.1) is 6.54 Å². The van der Waals surface area contributed by atoms with Gasteiger partial charge >= 0.3 is 0 Å². The molecule has 6 heteroatoms. The fourth-order valence-corrected chi connectivity index (χ4v) is 2.92. The van der Waals surface area contributed by atoms with Crippen molar-refractivity contribution in [3.8, 4) is 5.75 Å². The maximum Gasteiger partial charge on any atom is 0.193 e. The molecule has 1 aromatic rings. The van der Waals surface area contributed by atoms with Crippen LogP contribution in [-0.2, 0) is 4.74 Å². The number of hydrogen-bond acceptors (Lipinski definition) is 3. The Morgan fingerprint density at radius 2 is 2.16 bits per heavy atom. The fourth-order valence-electron chi connectivity index (χ4n) is 2.74. The molecule has 2 rings (SSSR count).